The average Bonchev–Trinajstić information content (AvgIpc) is 2.48. The summed E-state index contributed by atoms with van der Waals surface area (Å²) >= 11 is 3.35. The Bertz CT molecular complexity index is 596. The second kappa shape index (κ2) is 7.24. The molecule has 5 heteroatoms. The molecule has 2 aromatic rings. The summed E-state index contributed by atoms with van der Waals surface area (Å²) in [5.41, 5.74) is 2.46. The SMILES string of the molecule is COCc1ccc(C(Nc2ccc(Br)cc2)C(=O)O)cc1. The largest absolute Gasteiger partial charge is 0.479 e. The van der Waals surface area contributed by atoms with Crippen molar-refractivity contribution in [2.24, 2.45) is 0 Å². The van der Waals surface area contributed by atoms with E-state index in [1.54, 1.807) is 19.2 Å². The molecule has 0 radical (unpaired) electrons. The van der Waals surface area contributed by atoms with Crippen molar-refractivity contribution in [3.63, 3.8) is 0 Å². The lowest BCUT2D eigenvalue weighted by Crippen LogP contribution is -2.20. The van der Waals surface area contributed by atoms with E-state index in [1.807, 2.05) is 36.4 Å². The Balaban J connectivity index is 2.18. The number of ether oxygens (including phenoxy) is 1. The highest BCUT2D eigenvalue weighted by atomic mass is 79.9. The van der Waals surface area contributed by atoms with Crippen LogP contribution in [-0.4, -0.2) is 18.2 Å². The van der Waals surface area contributed by atoms with Crippen molar-refractivity contribution in [3.8, 4) is 0 Å². The minimum Gasteiger partial charge on any atom is -0.479 e. The normalized spacial score (nSPS) is 11.9. The molecule has 2 N–H and O–H groups in total. The first-order chi connectivity index (χ1) is 10.1. The molecule has 0 saturated heterocycles. The van der Waals surface area contributed by atoms with E-state index in [2.05, 4.69) is 21.2 Å². The quantitative estimate of drug-likeness (QED) is 0.831. The number of carboxylic acid groups (broad SMARTS) is 1. The first kappa shape index (κ1) is 15.5. The fraction of sp³-hybridized carbons (Fsp3) is 0.188. The van der Waals surface area contributed by atoms with Gasteiger partial charge in [0.15, 0.2) is 6.04 Å². The molecule has 0 fully saturated rings. The van der Waals surface area contributed by atoms with Gasteiger partial charge < -0.3 is 15.2 Å². The molecule has 110 valence electrons. The first-order valence-electron chi connectivity index (χ1n) is 6.43. The third-order valence-corrected chi connectivity index (χ3v) is 3.55. The summed E-state index contributed by atoms with van der Waals surface area (Å²) in [6, 6.07) is 14.0. The Kier molecular flexibility index (Phi) is 5.36. The van der Waals surface area contributed by atoms with E-state index >= 15 is 0 Å². The molecule has 4 nitrogen and oxygen atoms in total. The van der Waals surface area contributed by atoms with Crippen molar-refractivity contribution in [3.05, 3.63) is 64.1 Å². The number of methoxy groups -OCH3 is 1. The Labute approximate surface area is 131 Å². The van der Waals surface area contributed by atoms with Gasteiger partial charge in [0.05, 0.1) is 6.61 Å². The molecule has 0 saturated carbocycles. The van der Waals surface area contributed by atoms with Gasteiger partial charge >= 0.3 is 5.97 Å². The van der Waals surface area contributed by atoms with Crippen LogP contribution in [0.3, 0.4) is 0 Å². The summed E-state index contributed by atoms with van der Waals surface area (Å²) in [4.78, 5) is 11.5. The molecule has 21 heavy (non-hydrogen) atoms. The number of rotatable bonds is 6. The van der Waals surface area contributed by atoms with Crippen LogP contribution in [0.5, 0.6) is 0 Å². The van der Waals surface area contributed by atoms with E-state index in [0.29, 0.717) is 12.2 Å². The van der Waals surface area contributed by atoms with Crippen LogP contribution in [-0.2, 0) is 16.1 Å². The number of hydrogen-bond donors (Lipinski definition) is 2. The molecular formula is C16H16BrNO3. The van der Waals surface area contributed by atoms with Crippen LogP contribution < -0.4 is 5.32 Å². The fourth-order valence-corrected chi connectivity index (χ4v) is 2.24. The monoisotopic (exact) mass is 349 g/mol. The Morgan fingerprint density at radius 2 is 1.81 bits per heavy atom. The van der Waals surface area contributed by atoms with E-state index in [1.165, 1.54) is 0 Å². The predicted molar refractivity (Wildman–Crippen MR) is 85.3 cm³/mol. The van der Waals surface area contributed by atoms with Crippen LogP contribution in [0.15, 0.2) is 53.0 Å². The van der Waals surface area contributed by atoms with Crippen molar-refractivity contribution in [2.45, 2.75) is 12.6 Å². The molecule has 2 aromatic carbocycles. The van der Waals surface area contributed by atoms with Crippen molar-refractivity contribution in [1.82, 2.24) is 0 Å². The van der Waals surface area contributed by atoms with E-state index in [4.69, 9.17) is 4.74 Å². The van der Waals surface area contributed by atoms with Gasteiger partial charge in [-0.3, -0.25) is 0 Å². The zero-order valence-corrected chi connectivity index (χ0v) is 13.1. The van der Waals surface area contributed by atoms with Gasteiger partial charge in [-0.1, -0.05) is 40.2 Å². The molecule has 1 unspecified atom stereocenters. The van der Waals surface area contributed by atoms with E-state index < -0.39 is 12.0 Å². The van der Waals surface area contributed by atoms with Crippen molar-refractivity contribution >= 4 is 27.6 Å². The first-order valence-corrected chi connectivity index (χ1v) is 7.22. The maximum Gasteiger partial charge on any atom is 0.330 e. The number of aliphatic carboxylic acids is 1. The topological polar surface area (TPSA) is 58.6 Å². The van der Waals surface area contributed by atoms with Gasteiger partial charge in [0.2, 0.25) is 0 Å². The van der Waals surface area contributed by atoms with Crippen molar-refractivity contribution < 1.29 is 14.6 Å². The lowest BCUT2D eigenvalue weighted by atomic mass is 10.0. The summed E-state index contributed by atoms with van der Waals surface area (Å²) in [6.45, 7) is 0.512. The van der Waals surface area contributed by atoms with Crippen LogP contribution in [0.1, 0.15) is 17.2 Å². The van der Waals surface area contributed by atoms with Gasteiger partial charge in [0, 0.05) is 17.3 Å². The third-order valence-electron chi connectivity index (χ3n) is 3.03. The smallest absolute Gasteiger partial charge is 0.330 e. The average molecular weight is 350 g/mol. The molecule has 0 amide bonds. The second-order valence-electron chi connectivity index (χ2n) is 4.60. The van der Waals surface area contributed by atoms with Gasteiger partial charge in [-0.25, -0.2) is 4.79 Å². The maximum absolute atomic E-state index is 11.5. The molecule has 2 rings (SSSR count). The van der Waals surface area contributed by atoms with Crippen LogP contribution in [0.4, 0.5) is 5.69 Å². The predicted octanol–water partition coefficient (Wildman–Crippen LogP) is 3.83. The number of halogens is 1. The van der Waals surface area contributed by atoms with Gasteiger partial charge in [0.1, 0.15) is 0 Å². The van der Waals surface area contributed by atoms with E-state index in [9.17, 15) is 9.90 Å². The molecule has 0 aromatic heterocycles. The minimum absolute atomic E-state index is 0.512. The molecule has 0 heterocycles. The third kappa shape index (κ3) is 4.31. The minimum atomic E-state index is -0.919. The number of carboxylic acids is 1. The van der Waals surface area contributed by atoms with Gasteiger partial charge in [-0.05, 0) is 35.4 Å². The van der Waals surface area contributed by atoms with Crippen LogP contribution in [0.2, 0.25) is 0 Å². The molecule has 0 aliphatic rings. The summed E-state index contributed by atoms with van der Waals surface area (Å²) in [6.07, 6.45) is 0. The zero-order valence-electron chi connectivity index (χ0n) is 11.5. The van der Waals surface area contributed by atoms with E-state index in [0.717, 1.165) is 15.7 Å². The zero-order chi connectivity index (χ0) is 15.2. The Hall–Kier alpha value is -1.85. The highest BCUT2D eigenvalue weighted by Crippen LogP contribution is 2.22. The van der Waals surface area contributed by atoms with Crippen LogP contribution in [0.25, 0.3) is 0 Å². The highest BCUT2D eigenvalue weighted by Gasteiger charge is 2.19. The van der Waals surface area contributed by atoms with E-state index in [-0.39, 0.29) is 0 Å². The molecule has 1 atom stereocenters. The summed E-state index contributed by atoms with van der Waals surface area (Å²) in [5, 5.41) is 12.4. The summed E-state index contributed by atoms with van der Waals surface area (Å²) in [5.74, 6) is -0.919. The fourth-order valence-electron chi connectivity index (χ4n) is 1.97. The summed E-state index contributed by atoms with van der Waals surface area (Å²) < 4.78 is 5.99. The standard InChI is InChI=1S/C16H16BrNO3/c1-21-10-11-2-4-12(5-3-11)15(16(19)20)18-14-8-6-13(17)7-9-14/h2-9,15,18H,10H2,1H3,(H,19,20). The van der Waals surface area contributed by atoms with Crippen LogP contribution in [0, 0.1) is 0 Å². The number of anilines is 1. The molecule has 0 aliphatic carbocycles. The molecule has 0 aliphatic heterocycles. The van der Waals surface area contributed by atoms with Gasteiger partial charge in [0.25, 0.3) is 0 Å². The second-order valence-corrected chi connectivity index (χ2v) is 5.51. The number of hydrogen-bond acceptors (Lipinski definition) is 3. The van der Waals surface area contributed by atoms with Gasteiger partial charge in [-0.15, -0.1) is 0 Å². The molecule has 0 bridgehead atoms. The van der Waals surface area contributed by atoms with Gasteiger partial charge in [-0.2, -0.15) is 0 Å². The van der Waals surface area contributed by atoms with Crippen molar-refractivity contribution in [1.29, 1.82) is 0 Å². The molecule has 0 spiro atoms. The lowest BCUT2D eigenvalue weighted by Gasteiger charge is -2.16. The Morgan fingerprint density at radius 3 is 2.33 bits per heavy atom. The maximum atomic E-state index is 11.5. The molecular weight excluding hydrogens is 334 g/mol. The Morgan fingerprint density at radius 1 is 1.19 bits per heavy atom. The highest BCUT2D eigenvalue weighted by molar-refractivity contribution is 9.10. The number of benzene rings is 2. The van der Waals surface area contributed by atoms with Crippen LogP contribution >= 0.6 is 15.9 Å². The number of nitrogens with one attached hydrogen (secondary N) is 1. The lowest BCUT2D eigenvalue weighted by molar-refractivity contribution is -0.138. The number of carbonyl (C=O) groups is 1. The van der Waals surface area contributed by atoms with Crippen molar-refractivity contribution in [2.75, 3.05) is 12.4 Å². The summed E-state index contributed by atoms with van der Waals surface area (Å²) in [7, 11) is 1.63.